The minimum Gasteiger partial charge on any atom is -0.381 e. The molecule has 1 saturated carbocycles. The first-order valence-electron chi connectivity index (χ1n) is 10.3. The Morgan fingerprint density at radius 1 is 1.14 bits per heavy atom. The summed E-state index contributed by atoms with van der Waals surface area (Å²) in [5.41, 5.74) is 0.961. The third-order valence-electron chi connectivity index (χ3n) is 5.46. The molecule has 0 bridgehead atoms. The fraction of sp³-hybridized carbons (Fsp3) is 0.619. The fourth-order valence-electron chi connectivity index (χ4n) is 3.53. The van der Waals surface area contributed by atoms with Gasteiger partial charge in [0.2, 0.25) is 5.91 Å². The maximum absolute atomic E-state index is 13.4. The molecule has 0 radical (unpaired) electrons. The van der Waals surface area contributed by atoms with E-state index in [1.165, 1.54) is 12.1 Å². The van der Waals surface area contributed by atoms with E-state index in [4.69, 9.17) is 9.73 Å². The lowest BCUT2D eigenvalue weighted by atomic mass is 9.74. The largest absolute Gasteiger partial charge is 0.381 e. The van der Waals surface area contributed by atoms with Crippen LogP contribution in [0.2, 0.25) is 0 Å². The number of ether oxygens (including phenoxy) is 1. The van der Waals surface area contributed by atoms with Gasteiger partial charge >= 0.3 is 0 Å². The van der Waals surface area contributed by atoms with Crippen molar-refractivity contribution >= 4 is 35.8 Å². The van der Waals surface area contributed by atoms with Crippen LogP contribution in [0.1, 0.15) is 38.2 Å². The van der Waals surface area contributed by atoms with Crippen molar-refractivity contribution in [3.8, 4) is 0 Å². The highest BCUT2D eigenvalue weighted by Crippen LogP contribution is 2.35. The highest BCUT2D eigenvalue weighted by molar-refractivity contribution is 14.0. The molecule has 0 unspecified atom stereocenters. The number of nitrogens with zero attached hydrogens (tertiary/aromatic N) is 1. The topological polar surface area (TPSA) is 74.8 Å². The number of benzene rings is 1. The van der Waals surface area contributed by atoms with Gasteiger partial charge in [0.05, 0.1) is 6.54 Å². The van der Waals surface area contributed by atoms with Gasteiger partial charge in [-0.2, -0.15) is 0 Å². The second-order valence-electron chi connectivity index (χ2n) is 7.59. The summed E-state index contributed by atoms with van der Waals surface area (Å²) >= 11 is 0. The quantitative estimate of drug-likeness (QED) is 0.214. The molecule has 1 heterocycles. The number of halogens is 2. The summed E-state index contributed by atoms with van der Waals surface area (Å²) in [7, 11) is 0. The first-order valence-corrected chi connectivity index (χ1v) is 10.3. The number of carbonyl (C=O) groups excluding carboxylic acids is 1. The molecule has 0 atom stereocenters. The Labute approximate surface area is 189 Å². The molecular weight excluding hydrogens is 486 g/mol. The van der Waals surface area contributed by atoms with Crippen LogP contribution >= 0.6 is 24.0 Å². The van der Waals surface area contributed by atoms with Crippen molar-refractivity contribution in [1.29, 1.82) is 0 Å². The lowest BCUT2D eigenvalue weighted by Gasteiger charge is -2.36. The molecule has 1 amide bonds. The van der Waals surface area contributed by atoms with E-state index in [9.17, 15) is 9.18 Å². The van der Waals surface area contributed by atoms with Crippen LogP contribution in [0.5, 0.6) is 0 Å². The van der Waals surface area contributed by atoms with Crippen LogP contribution in [0.3, 0.4) is 0 Å². The highest BCUT2D eigenvalue weighted by atomic mass is 127. The zero-order chi connectivity index (χ0) is 19.8. The summed E-state index contributed by atoms with van der Waals surface area (Å²) in [4.78, 5) is 16.5. The number of nitrogens with one attached hydrogen (secondary N) is 3. The summed E-state index contributed by atoms with van der Waals surface area (Å²) in [6, 6.07) is 6.76. The molecule has 3 N–H and O–H groups in total. The van der Waals surface area contributed by atoms with Crippen LogP contribution in [0.15, 0.2) is 29.3 Å². The van der Waals surface area contributed by atoms with Crippen molar-refractivity contribution in [2.75, 3.05) is 39.4 Å². The maximum Gasteiger partial charge on any atom is 0.223 e. The summed E-state index contributed by atoms with van der Waals surface area (Å²) in [5, 5.41) is 9.49. The molecule has 2 aliphatic rings. The van der Waals surface area contributed by atoms with Crippen molar-refractivity contribution in [1.82, 2.24) is 16.0 Å². The Hall–Kier alpha value is -1.42. The predicted octanol–water partition coefficient (Wildman–Crippen LogP) is 2.57. The molecule has 1 saturated heterocycles. The van der Waals surface area contributed by atoms with Gasteiger partial charge < -0.3 is 20.7 Å². The molecule has 6 nitrogen and oxygen atoms in total. The molecule has 162 valence electrons. The van der Waals surface area contributed by atoms with Crippen LogP contribution in [0.4, 0.5) is 4.39 Å². The Morgan fingerprint density at radius 2 is 1.79 bits per heavy atom. The van der Waals surface area contributed by atoms with Gasteiger partial charge in [0.1, 0.15) is 5.82 Å². The first-order chi connectivity index (χ1) is 13.6. The number of guanidine groups is 1. The van der Waals surface area contributed by atoms with Crippen LogP contribution < -0.4 is 16.0 Å². The molecule has 0 spiro atoms. The van der Waals surface area contributed by atoms with Crippen LogP contribution in [0, 0.1) is 11.7 Å². The standard InChI is InChI=1S/C21H31FN4O2.HI/c1-2-23-20(25-12-11-24-19(27)16-3-4-16)26-15-21(9-13-28-14-10-21)17-5-7-18(22)8-6-17;/h5-8,16H,2-4,9-15H2,1H3,(H,24,27)(H2,23,25,26);1H. The van der Waals surface area contributed by atoms with E-state index in [1.54, 1.807) is 0 Å². The van der Waals surface area contributed by atoms with Crippen LogP contribution in [-0.4, -0.2) is 51.3 Å². The molecule has 1 aliphatic heterocycles. The zero-order valence-electron chi connectivity index (χ0n) is 17.0. The lowest BCUT2D eigenvalue weighted by molar-refractivity contribution is -0.122. The molecule has 3 rings (SSSR count). The van der Waals surface area contributed by atoms with E-state index in [2.05, 4.69) is 16.0 Å². The normalized spacial score (nSPS) is 18.5. The van der Waals surface area contributed by atoms with Gasteiger partial charge in [0.15, 0.2) is 5.96 Å². The lowest BCUT2D eigenvalue weighted by Crippen LogP contribution is -2.43. The molecule has 1 aliphatic carbocycles. The average Bonchev–Trinajstić information content (AvgIpc) is 3.56. The van der Waals surface area contributed by atoms with Crippen LogP contribution in [-0.2, 0) is 14.9 Å². The summed E-state index contributed by atoms with van der Waals surface area (Å²) in [5.74, 6) is 0.890. The Balaban J connectivity index is 0.00000300. The minimum absolute atomic E-state index is 0. The van der Waals surface area contributed by atoms with Crippen LogP contribution in [0.25, 0.3) is 0 Å². The van der Waals surface area contributed by atoms with E-state index >= 15 is 0 Å². The third-order valence-corrected chi connectivity index (χ3v) is 5.46. The summed E-state index contributed by atoms with van der Waals surface area (Å²) in [6.45, 7) is 5.96. The average molecular weight is 518 g/mol. The van der Waals surface area contributed by atoms with Gasteiger partial charge in [-0.05, 0) is 50.3 Å². The van der Waals surface area contributed by atoms with Gasteiger partial charge in [0.25, 0.3) is 0 Å². The number of hydrogen-bond donors (Lipinski definition) is 3. The van der Waals surface area contributed by atoms with E-state index in [-0.39, 0.29) is 47.0 Å². The molecule has 1 aromatic rings. The SMILES string of the molecule is CCNC(=NCC1(c2ccc(F)cc2)CCOCC1)NCCNC(=O)C1CC1.I. The molecule has 1 aromatic carbocycles. The van der Waals surface area contributed by atoms with Gasteiger partial charge in [-0.15, -0.1) is 24.0 Å². The number of carbonyl (C=O) groups is 1. The monoisotopic (exact) mass is 518 g/mol. The minimum atomic E-state index is -0.224. The number of aliphatic imine (C=N–C) groups is 1. The molecule has 8 heteroatoms. The number of rotatable bonds is 8. The van der Waals surface area contributed by atoms with Crippen molar-refractivity contribution < 1.29 is 13.9 Å². The second kappa shape index (κ2) is 11.7. The number of amides is 1. The van der Waals surface area contributed by atoms with Gasteiger partial charge in [-0.1, -0.05) is 12.1 Å². The van der Waals surface area contributed by atoms with Gasteiger partial charge in [-0.3, -0.25) is 9.79 Å². The van der Waals surface area contributed by atoms with Crippen molar-refractivity contribution in [2.45, 2.75) is 38.0 Å². The Kier molecular flexibility index (Phi) is 9.61. The Bertz CT molecular complexity index is 674. The molecule has 29 heavy (non-hydrogen) atoms. The fourth-order valence-corrected chi connectivity index (χ4v) is 3.53. The third kappa shape index (κ3) is 7.09. The molecular formula is C21H32FIN4O2. The van der Waals surface area contributed by atoms with Crippen molar-refractivity contribution in [3.63, 3.8) is 0 Å². The van der Waals surface area contributed by atoms with E-state index in [0.29, 0.717) is 32.8 Å². The van der Waals surface area contributed by atoms with E-state index in [1.807, 2.05) is 19.1 Å². The van der Waals surface area contributed by atoms with Crippen molar-refractivity contribution in [3.05, 3.63) is 35.6 Å². The van der Waals surface area contributed by atoms with E-state index in [0.717, 1.165) is 43.8 Å². The first kappa shape index (κ1) is 23.9. The predicted molar refractivity (Wildman–Crippen MR) is 123 cm³/mol. The molecule has 0 aromatic heterocycles. The molecule has 2 fully saturated rings. The van der Waals surface area contributed by atoms with E-state index < -0.39 is 0 Å². The number of hydrogen-bond acceptors (Lipinski definition) is 3. The smallest absolute Gasteiger partial charge is 0.223 e. The van der Waals surface area contributed by atoms with Gasteiger partial charge in [0, 0.05) is 44.2 Å². The Morgan fingerprint density at radius 3 is 2.41 bits per heavy atom. The zero-order valence-corrected chi connectivity index (χ0v) is 19.3. The second-order valence-corrected chi connectivity index (χ2v) is 7.59. The maximum atomic E-state index is 13.4. The van der Waals surface area contributed by atoms with Gasteiger partial charge in [-0.25, -0.2) is 4.39 Å². The summed E-state index contributed by atoms with van der Waals surface area (Å²) < 4.78 is 18.9. The highest BCUT2D eigenvalue weighted by Gasteiger charge is 2.34. The summed E-state index contributed by atoms with van der Waals surface area (Å²) in [6.07, 6.45) is 3.75. The van der Waals surface area contributed by atoms with Crippen molar-refractivity contribution in [2.24, 2.45) is 10.9 Å².